The lowest BCUT2D eigenvalue weighted by Crippen LogP contribution is -1.94. The minimum absolute atomic E-state index is 0.770. The Labute approximate surface area is 128 Å². The van der Waals surface area contributed by atoms with Gasteiger partial charge in [0.1, 0.15) is 5.75 Å². The summed E-state index contributed by atoms with van der Waals surface area (Å²) in [6, 6.07) is 8.25. The Kier molecular flexibility index (Phi) is 3.19. The highest BCUT2D eigenvalue weighted by Gasteiger charge is 2.19. The number of nitrogens with zero attached hydrogens (tertiary/aromatic N) is 2. The van der Waals surface area contributed by atoms with Crippen LogP contribution in [0.2, 0.25) is 0 Å². The van der Waals surface area contributed by atoms with Crippen LogP contribution in [-0.2, 0) is 12.8 Å². The van der Waals surface area contributed by atoms with E-state index in [0.717, 1.165) is 35.0 Å². The molecular weight excluding hydrogens is 280 g/mol. The fraction of sp³-hybridized carbons (Fsp3) is 0.353. The third-order valence-electron chi connectivity index (χ3n) is 3.94. The van der Waals surface area contributed by atoms with E-state index in [1.807, 2.05) is 23.5 Å². The summed E-state index contributed by atoms with van der Waals surface area (Å²) in [5, 5.41) is 0. The van der Waals surface area contributed by atoms with Gasteiger partial charge >= 0.3 is 0 Å². The first-order valence-corrected chi connectivity index (χ1v) is 8.39. The first-order valence-electron chi connectivity index (χ1n) is 7.58. The number of hydrogen-bond acceptors (Lipinski definition) is 3. The molecule has 108 valence electrons. The van der Waals surface area contributed by atoms with Crippen molar-refractivity contribution in [2.75, 3.05) is 6.61 Å². The average Bonchev–Trinajstić information content (AvgIpc) is 3.17. The van der Waals surface area contributed by atoms with Gasteiger partial charge in [-0.25, -0.2) is 4.98 Å². The summed E-state index contributed by atoms with van der Waals surface area (Å²) in [7, 11) is 0. The van der Waals surface area contributed by atoms with Crippen LogP contribution in [0, 0.1) is 0 Å². The molecule has 1 aromatic carbocycles. The van der Waals surface area contributed by atoms with E-state index in [9.17, 15) is 0 Å². The highest BCUT2D eigenvalue weighted by Crippen LogP contribution is 2.33. The molecule has 2 heterocycles. The lowest BCUT2D eigenvalue weighted by Gasteiger charge is -2.04. The molecule has 1 aliphatic carbocycles. The van der Waals surface area contributed by atoms with Gasteiger partial charge < -0.3 is 4.74 Å². The maximum atomic E-state index is 5.63. The van der Waals surface area contributed by atoms with Gasteiger partial charge in [-0.1, -0.05) is 6.92 Å². The maximum absolute atomic E-state index is 5.63. The lowest BCUT2D eigenvalue weighted by molar-refractivity contribution is 0.317. The highest BCUT2D eigenvalue weighted by atomic mass is 32.1. The van der Waals surface area contributed by atoms with Crippen LogP contribution >= 0.6 is 11.3 Å². The van der Waals surface area contributed by atoms with E-state index in [-0.39, 0.29) is 0 Å². The van der Waals surface area contributed by atoms with Crippen molar-refractivity contribution in [2.24, 2.45) is 0 Å². The SMILES string of the molecule is CCCOc1ccc(-c2cn3c4c(sc3n2)CCC4)cc1. The normalized spacial score (nSPS) is 13.8. The number of benzene rings is 1. The molecule has 0 amide bonds. The Morgan fingerprint density at radius 2 is 2.10 bits per heavy atom. The summed E-state index contributed by atoms with van der Waals surface area (Å²) in [6.45, 7) is 2.89. The Morgan fingerprint density at radius 3 is 2.90 bits per heavy atom. The predicted molar refractivity (Wildman–Crippen MR) is 86.3 cm³/mol. The predicted octanol–water partition coefficient (Wildman–Crippen LogP) is 4.34. The number of aryl methyl sites for hydroxylation is 2. The van der Waals surface area contributed by atoms with E-state index < -0.39 is 0 Å². The third-order valence-corrected chi connectivity index (χ3v) is 5.10. The van der Waals surface area contributed by atoms with Crippen LogP contribution in [0.3, 0.4) is 0 Å². The van der Waals surface area contributed by atoms with Crippen LogP contribution in [0.15, 0.2) is 30.5 Å². The number of hydrogen-bond donors (Lipinski definition) is 0. The van der Waals surface area contributed by atoms with Crippen LogP contribution in [0.5, 0.6) is 5.75 Å². The molecule has 0 unspecified atom stereocenters. The molecule has 4 heteroatoms. The standard InChI is InChI=1S/C17H18N2OS/c1-2-10-20-13-8-6-12(7-9-13)14-11-19-15-4-3-5-16(15)21-17(19)18-14/h6-9,11H,2-5,10H2,1H3. The van der Waals surface area contributed by atoms with Crippen LogP contribution in [0.25, 0.3) is 16.2 Å². The van der Waals surface area contributed by atoms with Gasteiger partial charge in [-0.2, -0.15) is 0 Å². The maximum Gasteiger partial charge on any atom is 0.194 e. The topological polar surface area (TPSA) is 26.5 Å². The Balaban J connectivity index is 1.65. The molecule has 0 atom stereocenters. The molecule has 0 radical (unpaired) electrons. The quantitative estimate of drug-likeness (QED) is 0.716. The summed E-state index contributed by atoms with van der Waals surface area (Å²) in [5.41, 5.74) is 3.68. The summed E-state index contributed by atoms with van der Waals surface area (Å²) < 4.78 is 7.91. The van der Waals surface area contributed by atoms with E-state index in [4.69, 9.17) is 9.72 Å². The van der Waals surface area contributed by atoms with Gasteiger partial charge in [0.15, 0.2) is 4.96 Å². The molecule has 0 saturated heterocycles. The largest absolute Gasteiger partial charge is 0.494 e. The van der Waals surface area contributed by atoms with Crippen molar-refractivity contribution < 1.29 is 4.74 Å². The van der Waals surface area contributed by atoms with Gasteiger partial charge in [0.25, 0.3) is 0 Å². The van der Waals surface area contributed by atoms with E-state index in [2.05, 4.69) is 29.7 Å². The zero-order chi connectivity index (χ0) is 14.2. The molecule has 0 bridgehead atoms. The molecule has 3 aromatic rings. The second-order valence-corrected chi connectivity index (χ2v) is 6.54. The fourth-order valence-corrected chi connectivity index (χ4v) is 4.07. The first-order chi connectivity index (χ1) is 10.3. The second-order valence-electron chi connectivity index (χ2n) is 5.48. The number of ether oxygens (including phenoxy) is 1. The molecule has 0 spiro atoms. The van der Waals surface area contributed by atoms with E-state index in [0.29, 0.717) is 0 Å². The lowest BCUT2D eigenvalue weighted by atomic mass is 10.1. The van der Waals surface area contributed by atoms with Crippen LogP contribution < -0.4 is 4.74 Å². The van der Waals surface area contributed by atoms with Crippen molar-refractivity contribution in [2.45, 2.75) is 32.6 Å². The zero-order valence-corrected chi connectivity index (χ0v) is 12.9. The molecule has 0 N–H and O–H groups in total. The minimum Gasteiger partial charge on any atom is -0.494 e. The molecule has 2 aromatic heterocycles. The third kappa shape index (κ3) is 2.23. The summed E-state index contributed by atoms with van der Waals surface area (Å²) >= 11 is 1.84. The molecule has 0 fully saturated rings. The van der Waals surface area contributed by atoms with Gasteiger partial charge in [0.2, 0.25) is 0 Å². The summed E-state index contributed by atoms with van der Waals surface area (Å²) in [5.74, 6) is 0.933. The zero-order valence-electron chi connectivity index (χ0n) is 12.1. The Bertz CT molecular complexity index is 770. The van der Waals surface area contributed by atoms with E-state index in [1.165, 1.54) is 29.8 Å². The van der Waals surface area contributed by atoms with Crippen molar-refractivity contribution in [3.05, 3.63) is 41.0 Å². The average molecular weight is 298 g/mol. The molecule has 0 saturated carbocycles. The fourth-order valence-electron chi connectivity index (χ4n) is 2.88. The number of aromatic nitrogens is 2. The minimum atomic E-state index is 0.770. The molecule has 0 aliphatic heterocycles. The van der Waals surface area contributed by atoms with Crippen molar-refractivity contribution in [3.63, 3.8) is 0 Å². The summed E-state index contributed by atoms with van der Waals surface area (Å²) in [4.78, 5) is 7.43. The highest BCUT2D eigenvalue weighted by molar-refractivity contribution is 7.17. The molecular formula is C17H18N2OS. The van der Waals surface area contributed by atoms with Crippen LogP contribution in [0.4, 0.5) is 0 Å². The Morgan fingerprint density at radius 1 is 1.24 bits per heavy atom. The monoisotopic (exact) mass is 298 g/mol. The van der Waals surface area contributed by atoms with Gasteiger partial charge in [0, 0.05) is 22.3 Å². The molecule has 21 heavy (non-hydrogen) atoms. The first kappa shape index (κ1) is 12.9. The molecule has 4 rings (SSSR count). The smallest absolute Gasteiger partial charge is 0.194 e. The van der Waals surface area contributed by atoms with Crippen molar-refractivity contribution in [1.82, 2.24) is 9.38 Å². The molecule has 3 nitrogen and oxygen atoms in total. The van der Waals surface area contributed by atoms with Crippen LogP contribution in [-0.4, -0.2) is 16.0 Å². The van der Waals surface area contributed by atoms with E-state index >= 15 is 0 Å². The van der Waals surface area contributed by atoms with Gasteiger partial charge in [-0.3, -0.25) is 4.40 Å². The number of fused-ring (bicyclic) bond motifs is 3. The number of imidazole rings is 1. The van der Waals surface area contributed by atoms with Crippen molar-refractivity contribution >= 4 is 16.3 Å². The summed E-state index contributed by atoms with van der Waals surface area (Å²) in [6.07, 6.45) is 6.91. The molecule has 1 aliphatic rings. The van der Waals surface area contributed by atoms with Crippen LogP contribution in [0.1, 0.15) is 30.3 Å². The Hall–Kier alpha value is -1.81. The van der Waals surface area contributed by atoms with Gasteiger partial charge in [0.05, 0.1) is 12.3 Å². The van der Waals surface area contributed by atoms with Gasteiger partial charge in [-0.05, 0) is 49.9 Å². The second kappa shape index (κ2) is 5.19. The van der Waals surface area contributed by atoms with E-state index in [1.54, 1.807) is 0 Å². The number of thiazole rings is 1. The number of rotatable bonds is 4. The van der Waals surface area contributed by atoms with Crippen molar-refractivity contribution in [1.29, 1.82) is 0 Å². The van der Waals surface area contributed by atoms with Crippen molar-refractivity contribution in [3.8, 4) is 17.0 Å². The van der Waals surface area contributed by atoms with Gasteiger partial charge in [-0.15, -0.1) is 11.3 Å².